The summed E-state index contributed by atoms with van der Waals surface area (Å²) in [6, 6.07) is 5.91. The predicted octanol–water partition coefficient (Wildman–Crippen LogP) is 3.84. The summed E-state index contributed by atoms with van der Waals surface area (Å²) in [7, 11) is 0. The summed E-state index contributed by atoms with van der Waals surface area (Å²) in [5.41, 5.74) is 4.75. The van der Waals surface area contributed by atoms with E-state index in [9.17, 15) is 19.2 Å². The zero-order chi connectivity index (χ0) is 27.4. The van der Waals surface area contributed by atoms with E-state index in [1.165, 1.54) is 0 Å². The van der Waals surface area contributed by atoms with E-state index < -0.39 is 41.2 Å². The Bertz CT molecular complexity index is 986. The van der Waals surface area contributed by atoms with Gasteiger partial charge in [-0.3, -0.25) is 24.1 Å². The first-order chi connectivity index (χ1) is 17.4. The number of Topliss-reactive ketones (excluding diaryl/α,β-unsaturated/α-hetero) is 2. The van der Waals surface area contributed by atoms with E-state index in [0.29, 0.717) is 18.4 Å². The van der Waals surface area contributed by atoms with Crippen LogP contribution in [0.5, 0.6) is 0 Å². The number of hydrogen-bond acceptors (Lipinski definition) is 8. The minimum Gasteiger partial charge on any atom is -0.465 e. The van der Waals surface area contributed by atoms with Crippen LogP contribution in [0.3, 0.4) is 0 Å². The highest BCUT2D eigenvalue weighted by Gasteiger charge is 2.63. The second-order valence-electron chi connectivity index (χ2n) is 11.3. The van der Waals surface area contributed by atoms with Crippen molar-refractivity contribution < 1.29 is 28.7 Å². The fourth-order valence-electron chi connectivity index (χ4n) is 6.09. The van der Waals surface area contributed by atoms with Gasteiger partial charge in [-0.2, -0.15) is 0 Å². The summed E-state index contributed by atoms with van der Waals surface area (Å²) in [5, 5.41) is 0. The molecule has 2 fully saturated rings. The van der Waals surface area contributed by atoms with Crippen molar-refractivity contribution in [2.75, 3.05) is 6.61 Å². The molecule has 0 spiro atoms. The highest BCUT2D eigenvalue weighted by molar-refractivity contribution is 6.00. The van der Waals surface area contributed by atoms with Crippen LogP contribution in [0.2, 0.25) is 0 Å². The molecule has 0 radical (unpaired) electrons. The van der Waals surface area contributed by atoms with Crippen molar-refractivity contribution in [2.24, 2.45) is 11.7 Å². The maximum Gasteiger partial charge on any atom is 0.323 e. The number of likely N-dealkylation sites (tertiary alicyclic amines) is 1. The topological polar surface area (TPSA) is 116 Å². The summed E-state index contributed by atoms with van der Waals surface area (Å²) in [5.74, 6) is -1.77. The lowest BCUT2D eigenvalue weighted by Crippen LogP contribution is -2.65. The van der Waals surface area contributed by atoms with Crippen molar-refractivity contribution in [2.45, 2.75) is 109 Å². The van der Waals surface area contributed by atoms with Crippen molar-refractivity contribution in [1.82, 2.24) is 4.90 Å². The Morgan fingerprint density at radius 2 is 1.78 bits per heavy atom. The highest BCUT2D eigenvalue weighted by Crippen LogP contribution is 2.50. The maximum absolute atomic E-state index is 14.0. The average molecular weight is 515 g/mol. The van der Waals surface area contributed by atoms with E-state index in [4.69, 9.17) is 15.2 Å². The monoisotopic (exact) mass is 514 g/mol. The Morgan fingerprint density at radius 3 is 2.38 bits per heavy atom. The van der Waals surface area contributed by atoms with Gasteiger partial charge < -0.3 is 15.2 Å². The molecule has 0 aromatic heterocycles. The maximum atomic E-state index is 14.0. The Morgan fingerprint density at radius 1 is 1.11 bits per heavy atom. The number of ether oxygens (including phenoxy) is 2. The third-order valence-electron chi connectivity index (χ3n) is 7.48. The van der Waals surface area contributed by atoms with Crippen LogP contribution in [-0.4, -0.2) is 64.3 Å². The Hall–Kier alpha value is -2.58. The largest absolute Gasteiger partial charge is 0.465 e. The van der Waals surface area contributed by atoms with Gasteiger partial charge in [0.15, 0.2) is 11.6 Å². The average Bonchev–Trinajstić information content (AvgIpc) is 3.01. The van der Waals surface area contributed by atoms with Gasteiger partial charge in [0.25, 0.3) is 0 Å². The third kappa shape index (κ3) is 6.29. The van der Waals surface area contributed by atoms with Crippen LogP contribution >= 0.6 is 0 Å². The van der Waals surface area contributed by atoms with Gasteiger partial charge in [0.1, 0.15) is 17.7 Å². The van der Waals surface area contributed by atoms with Gasteiger partial charge in [-0.15, -0.1) is 0 Å². The number of nitrogens with two attached hydrogens (primary N) is 1. The van der Waals surface area contributed by atoms with Gasteiger partial charge in [0.2, 0.25) is 0 Å². The molecule has 1 aromatic rings. The Labute approximate surface area is 220 Å². The van der Waals surface area contributed by atoms with Crippen molar-refractivity contribution in [3.63, 3.8) is 0 Å². The smallest absolute Gasteiger partial charge is 0.323 e. The molecule has 0 amide bonds. The molecule has 1 aliphatic carbocycles. The molecule has 0 bridgehead atoms. The summed E-state index contributed by atoms with van der Waals surface area (Å²) >= 11 is 0. The molecule has 204 valence electrons. The van der Waals surface area contributed by atoms with E-state index in [-0.39, 0.29) is 30.5 Å². The number of fused-ring (bicyclic) bond motifs is 1. The molecular weight excluding hydrogens is 472 g/mol. The van der Waals surface area contributed by atoms with E-state index in [2.05, 4.69) is 0 Å². The Kier molecular flexibility index (Phi) is 9.29. The zero-order valence-electron chi connectivity index (χ0n) is 22.8. The lowest BCUT2D eigenvalue weighted by atomic mass is 9.74. The number of hydrogen-bond donors (Lipinski definition) is 1. The predicted molar refractivity (Wildman–Crippen MR) is 140 cm³/mol. The van der Waals surface area contributed by atoms with Gasteiger partial charge in [-0.1, -0.05) is 49.6 Å². The minimum atomic E-state index is -1.15. The van der Waals surface area contributed by atoms with Crippen molar-refractivity contribution >= 4 is 23.5 Å². The molecule has 37 heavy (non-hydrogen) atoms. The first-order valence-corrected chi connectivity index (χ1v) is 13.5. The molecule has 3 rings (SSSR count). The Balaban J connectivity index is 2.17. The normalized spacial score (nSPS) is 25.9. The molecule has 8 nitrogen and oxygen atoms in total. The van der Waals surface area contributed by atoms with E-state index in [0.717, 1.165) is 25.7 Å². The van der Waals surface area contributed by atoms with Crippen LogP contribution in [0.25, 0.3) is 0 Å². The number of nitrogens with zero attached hydrogens (tertiary/aromatic N) is 1. The third-order valence-corrected chi connectivity index (χ3v) is 7.48. The quantitative estimate of drug-likeness (QED) is 0.390. The van der Waals surface area contributed by atoms with Crippen LogP contribution < -0.4 is 5.73 Å². The van der Waals surface area contributed by atoms with E-state index in [1.54, 1.807) is 63.8 Å². The van der Waals surface area contributed by atoms with Crippen LogP contribution in [-0.2, 0) is 23.9 Å². The number of benzene rings is 1. The van der Waals surface area contributed by atoms with Gasteiger partial charge in [0, 0.05) is 12.0 Å². The lowest BCUT2D eigenvalue weighted by Gasteiger charge is -2.46. The highest BCUT2D eigenvalue weighted by atomic mass is 16.6. The van der Waals surface area contributed by atoms with Gasteiger partial charge in [0.05, 0.1) is 18.2 Å². The lowest BCUT2D eigenvalue weighted by molar-refractivity contribution is -0.168. The first-order valence-electron chi connectivity index (χ1n) is 13.5. The molecule has 2 N–H and O–H groups in total. The van der Waals surface area contributed by atoms with Gasteiger partial charge in [-0.05, 0) is 59.8 Å². The molecule has 2 aliphatic rings. The van der Waals surface area contributed by atoms with Gasteiger partial charge in [-0.25, -0.2) is 0 Å². The fourth-order valence-corrected chi connectivity index (χ4v) is 6.09. The first kappa shape index (κ1) is 29.0. The molecule has 1 aromatic carbocycles. The van der Waals surface area contributed by atoms with Crippen molar-refractivity contribution in [3.05, 3.63) is 35.9 Å². The number of rotatable bonds is 9. The summed E-state index contributed by atoms with van der Waals surface area (Å²) in [6.45, 7) is 8.80. The second kappa shape index (κ2) is 11.9. The molecule has 1 unspecified atom stereocenters. The van der Waals surface area contributed by atoms with E-state index in [1.807, 2.05) is 6.07 Å². The number of esters is 2. The molecule has 1 saturated carbocycles. The number of ketones is 2. The SMILES string of the molecule is CCOC(=O)[C@H](CC(=O)c1ccccc1)N1[C@@H](C(=O)OC(C)(C)C)C[C@@H]2CCCCC[C@@]21C(=O)C(C)N. The molecule has 8 heteroatoms. The van der Waals surface area contributed by atoms with E-state index >= 15 is 0 Å². The van der Waals surface area contributed by atoms with Crippen LogP contribution in [0.1, 0.15) is 89.9 Å². The number of carbonyl (C=O) groups is 4. The van der Waals surface area contributed by atoms with Crippen molar-refractivity contribution in [1.29, 1.82) is 0 Å². The molecule has 1 heterocycles. The molecular formula is C29H42N2O6. The standard InChI is InChI=1S/C29H42N2O6/c1-6-36-26(34)23(18-24(32)20-13-9-7-10-14-20)31-22(27(35)37-28(3,4)5)17-21-15-11-8-12-16-29(21,31)25(33)19(2)30/h7,9-10,13-14,19,21-23H,6,8,11-12,15-18,30H2,1-5H3/t19?,21-,22+,23-,29-/m0/s1. The second-order valence-corrected chi connectivity index (χ2v) is 11.3. The van der Waals surface area contributed by atoms with Crippen LogP contribution in [0.4, 0.5) is 0 Å². The van der Waals surface area contributed by atoms with Crippen LogP contribution in [0, 0.1) is 5.92 Å². The summed E-state index contributed by atoms with van der Waals surface area (Å²) < 4.78 is 11.2. The molecule has 1 saturated heterocycles. The fraction of sp³-hybridized carbons (Fsp3) is 0.655. The molecule has 1 aliphatic heterocycles. The summed E-state index contributed by atoms with van der Waals surface area (Å²) in [4.78, 5) is 56.3. The number of carbonyl (C=O) groups excluding carboxylic acids is 4. The van der Waals surface area contributed by atoms with Crippen LogP contribution in [0.15, 0.2) is 30.3 Å². The molecule has 5 atom stereocenters. The zero-order valence-corrected chi connectivity index (χ0v) is 22.8. The van der Waals surface area contributed by atoms with Crippen molar-refractivity contribution in [3.8, 4) is 0 Å². The van der Waals surface area contributed by atoms with Gasteiger partial charge >= 0.3 is 11.9 Å². The summed E-state index contributed by atoms with van der Waals surface area (Å²) in [6.07, 6.45) is 3.96. The minimum absolute atomic E-state index is 0.109.